The quantitative estimate of drug-likeness (QED) is 0.362. The summed E-state index contributed by atoms with van der Waals surface area (Å²) in [5.41, 5.74) is 2.88. The molecule has 1 amide bonds. The average molecular weight is 488 g/mol. The van der Waals surface area contributed by atoms with E-state index in [-0.39, 0.29) is 5.91 Å². The summed E-state index contributed by atoms with van der Waals surface area (Å²) in [6.45, 7) is 3.99. The minimum absolute atomic E-state index is 0.0366. The molecule has 1 N–H and O–H groups in total. The molecule has 9 heteroatoms. The number of aromatic nitrogens is 5. The van der Waals surface area contributed by atoms with Gasteiger partial charge in [-0.15, -0.1) is 10.2 Å². The lowest BCUT2D eigenvalue weighted by Crippen LogP contribution is -2.42. The van der Waals surface area contributed by atoms with Gasteiger partial charge in [0.1, 0.15) is 5.03 Å². The molecule has 0 saturated carbocycles. The van der Waals surface area contributed by atoms with Crippen LogP contribution in [0.2, 0.25) is 0 Å². The molecule has 1 saturated heterocycles. The summed E-state index contributed by atoms with van der Waals surface area (Å²) in [4.78, 5) is 19.2. The third-order valence-corrected chi connectivity index (χ3v) is 7.18. The third-order valence-electron chi connectivity index (χ3n) is 6.26. The molecular formula is C26H29N7OS. The number of rotatable bonds is 9. The number of carbonyl (C=O) groups excluding carboxylic acids is 1. The zero-order valence-corrected chi connectivity index (χ0v) is 20.4. The van der Waals surface area contributed by atoms with Crippen LogP contribution in [0.4, 0.5) is 0 Å². The van der Waals surface area contributed by atoms with Crippen molar-refractivity contribution in [2.45, 2.75) is 24.3 Å². The Labute approximate surface area is 209 Å². The van der Waals surface area contributed by atoms with E-state index in [1.807, 2.05) is 24.3 Å². The van der Waals surface area contributed by atoms with E-state index in [4.69, 9.17) is 0 Å². The molecule has 0 unspecified atom stereocenters. The van der Waals surface area contributed by atoms with E-state index in [1.54, 1.807) is 16.9 Å². The van der Waals surface area contributed by atoms with E-state index in [1.165, 1.54) is 23.7 Å². The number of piperidine rings is 1. The predicted octanol–water partition coefficient (Wildman–Crippen LogP) is 3.35. The van der Waals surface area contributed by atoms with Gasteiger partial charge in [-0.05, 0) is 61.6 Å². The summed E-state index contributed by atoms with van der Waals surface area (Å²) >= 11 is 1.42. The zero-order valence-electron chi connectivity index (χ0n) is 19.6. The lowest BCUT2D eigenvalue weighted by Gasteiger charge is -2.32. The number of hydrogen-bond acceptors (Lipinski definition) is 7. The standard InChI is InChI=1S/C26H29N7OS/c34-24(28-16-21-8-5-14-32(18-21)15-12-20-6-2-1-3-7-20)19-35-25-11-10-23-29-30-26(33(23)31-25)22-9-4-13-27-17-22/h1-4,6-7,9-11,13,17,21H,5,8,12,14-16,18-19H2,(H,28,34)/t21-/m0/s1. The number of nitrogens with zero attached hydrogens (tertiary/aromatic N) is 6. The lowest BCUT2D eigenvalue weighted by molar-refractivity contribution is -0.118. The van der Waals surface area contributed by atoms with Crippen molar-refractivity contribution in [3.05, 3.63) is 72.6 Å². The fourth-order valence-electron chi connectivity index (χ4n) is 4.43. The molecule has 4 aromatic rings. The number of fused-ring (bicyclic) bond motifs is 1. The second-order valence-corrected chi connectivity index (χ2v) is 9.84. The molecular weight excluding hydrogens is 458 g/mol. The second-order valence-electron chi connectivity index (χ2n) is 8.84. The van der Waals surface area contributed by atoms with Crippen LogP contribution in [-0.4, -0.2) is 67.5 Å². The number of thioether (sulfide) groups is 1. The van der Waals surface area contributed by atoms with Gasteiger partial charge in [-0.1, -0.05) is 42.1 Å². The second kappa shape index (κ2) is 11.4. The van der Waals surface area contributed by atoms with Crippen molar-refractivity contribution in [1.82, 2.24) is 35.0 Å². The van der Waals surface area contributed by atoms with Gasteiger partial charge < -0.3 is 10.2 Å². The molecule has 1 atom stereocenters. The summed E-state index contributed by atoms with van der Waals surface area (Å²) in [6, 6.07) is 18.2. The topological polar surface area (TPSA) is 88.3 Å². The van der Waals surface area contributed by atoms with Crippen molar-refractivity contribution < 1.29 is 4.79 Å². The number of hydrogen-bond donors (Lipinski definition) is 1. The SMILES string of the molecule is O=C(CSc1ccc2nnc(-c3cccnc3)n2n1)NC[C@@H]1CCCN(CCc2ccccc2)C1. The molecule has 5 rings (SSSR count). The van der Waals surface area contributed by atoms with Crippen molar-refractivity contribution in [2.24, 2.45) is 5.92 Å². The first-order valence-electron chi connectivity index (χ1n) is 12.0. The molecule has 3 aromatic heterocycles. The lowest BCUT2D eigenvalue weighted by atomic mass is 9.97. The Bertz CT molecular complexity index is 1250. The highest BCUT2D eigenvalue weighted by Crippen LogP contribution is 2.20. The Balaban J connectivity index is 1.09. The maximum atomic E-state index is 12.5. The van der Waals surface area contributed by atoms with Gasteiger partial charge in [-0.2, -0.15) is 9.61 Å². The van der Waals surface area contributed by atoms with Crippen LogP contribution in [0, 0.1) is 5.92 Å². The smallest absolute Gasteiger partial charge is 0.230 e. The summed E-state index contributed by atoms with van der Waals surface area (Å²) < 4.78 is 1.70. The summed E-state index contributed by atoms with van der Waals surface area (Å²) in [5, 5.41) is 16.9. The number of amides is 1. The molecule has 0 aliphatic carbocycles. The monoisotopic (exact) mass is 487 g/mol. The first kappa shape index (κ1) is 23.4. The van der Waals surface area contributed by atoms with E-state index in [2.05, 4.69) is 60.8 Å². The van der Waals surface area contributed by atoms with Gasteiger partial charge in [0.15, 0.2) is 11.5 Å². The predicted molar refractivity (Wildman–Crippen MR) is 137 cm³/mol. The number of benzene rings is 1. The molecule has 8 nitrogen and oxygen atoms in total. The largest absolute Gasteiger partial charge is 0.355 e. The van der Waals surface area contributed by atoms with Gasteiger partial charge in [0.25, 0.3) is 0 Å². The molecule has 0 radical (unpaired) electrons. The molecule has 180 valence electrons. The van der Waals surface area contributed by atoms with Crippen LogP contribution in [0.15, 0.2) is 72.0 Å². The van der Waals surface area contributed by atoms with Crippen LogP contribution in [0.5, 0.6) is 0 Å². The van der Waals surface area contributed by atoms with Gasteiger partial charge in [0.2, 0.25) is 5.91 Å². The fourth-order valence-corrected chi connectivity index (χ4v) is 5.11. The first-order chi connectivity index (χ1) is 17.2. The summed E-state index contributed by atoms with van der Waals surface area (Å²) in [6.07, 6.45) is 6.88. The zero-order chi connectivity index (χ0) is 23.9. The summed E-state index contributed by atoms with van der Waals surface area (Å²) in [7, 11) is 0. The molecule has 0 bridgehead atoms. The highest BCUT2D eigenvalue weighted by molar-refractivity contribution is 7.99. The van der Waals surface area contributed by atoms with Crippen molar-refractivity contribution >= 4 is 23.3 Å². The van der Waals surface area contributed by atoms with Crippen molar-refractivity contribution in [3.63, 3.8) is 0 Å². The molecule has 35 heavy (non-hydrogen) atoms. The number of carbonyl (C=O) groups is 1. The van der Waals surface area contributed by atoms with E-state index in [0.717, 1.165) is 49.6 Å². The average Bonchev–Trinajstić information content (AvgIpc) is 3.34. The third kappa shape index (κ3) is 6.23. The van der Waals surface area contributed by atoms with Crippen molar-refractivity contribution in [2.75, 3.05) is 31.9 Å². The molecule has 4 heterocycles. The van der Waals surface area contributed by atoms with E-state index >= 15 is 0 Å². The van der Waals surface area contributed by atoms with Crippen LogP contribution in [0.3, 0.4) is 0 Å². The maximum Gasteiger partial charge on any atom is 0.230 e. The van der Waals surface area contributed by atoms with Gasteiger partial charge >= 0.3 is 0 Å². The van der Waals surface area contributed by atoms with Gasteiger partial charge in [-0.25, -0.2) is 0 Å². The van der Waals surface area contributed by atoms with Crippen LogP contribution >= 0.6 is 11.8 Å². The first-order valence-corrected chi connectivity index (χ1v) is 13.0. The fraction of sp³-hybridized carbons (Fsp3) is 0.346. The molecule has 1 aliphatic rings. The van der Waals surface area contributed by atoms with E-state index in [0.29, 0.717) is 23.1 Å². The highest BCUT2D eigenvalue weighted by Gasteiger charge is 2.20. The van der Waals surface area contributed by atoms with Crippen LogP contribution in [0.1, 0.15) is 18.4 Å². The van der Waals surface area contributed by atoms with E-state index < -0.39 is 0 Å². The van der Waals surface area contributed by atoms with Crippen LogP contribution in [-0.2, 0) is 11.2 Å². The maximum absolute atomic E-state index is 12.5. The Morgan fingerprint density at radius 2 is 2.00 bits per heavy atom. The minimum Gasteiger partial charge on any atom is -0.355 e. The van der Waals surface area contributed by atoms with Gasteiger partial charge in [0, 0.05) is 37.6 Å². The number of pyridine rings is 1. The summed E-state index contributed by atoms with van der Waals surface area (Å²) in [5.74, 6) is 1.50. The number of likely N-dealkylation sites (tertiary alicyclic amines) is 1. The number of nitrogens with one attached hydrogen (secondary N) is 1. The van der Waals surface area contributed by atoms with Crippen molar-refractivity contribution in [1.29, 1.82) is 0 Å². The molecule has 0 spiro atoms. The van der Waals surface area contributed by atoms with Crippen molar-refractivity contribution in [3.8, 4) is 11.4 Å². The van der Waals surface area contributed by atoms with Gasteiger partial charge in [0.05, 0.1) is 5.75 Å². The van der Waals surface area contributed by atoms with Gasteiger partial charge in [-0.3, -0.25) is 9.78 Å². The van der Waals surface area contributed by atoms with E-state index in [9.17, 15) is 4.79 Å². The minimum atomic E-state index is 0.0366. The Morgan fingerprint density at radius 1 is 1.09 bits per heavy atom. The van der Waals surface area contributed by atoms with Crippen LogP contribution < -0.4 is 5.32 Å². The Kier molecular flexibility index (Phi) is 7.65. The molecule has 1 aromatic carbocycles. The highest BCUT2D eigenvalue weighted by atomic mass is 32.2. The Hall–Kier alpha value is -3.30. The van der Waals surface area contributed by atoms with Crippen LogP contribution in [0.25, 0.3) is 17.0 Å². The Morgan fingerprint density at radius 3 is 2.86 bits per heavy atom. The normalized spacial score (nSPS) is 16.4. The molecule has 1 aliphatic heterocycles. The molecule has 1 fully saturated rings.